The van der Waals surface area contributed by atoms with Gasteiger partial charge in [0.2, 0.25) is 0 Å². The van der Waals surface area contributed by atoms with Crippen molar-refractivity contribution in [1.82, 2.24) is 4.90 Å². The number of ether oxygens (including phenoxy) is 2. The first kappa shape index (κ1) is 26.8. The number of nitrogens with one attached hydrogen (secondary N) is 1. The van der Waals surface area contributed by atoms with Crippen LogP contribution in [0.3, 0.4) is 0 Å². The molecule has 10 heteroatoms. The summed E-state index contributed by atoms with van der Waals surface area (Å²) in [4.78, 5) is 39.3. The SMILES string of the molecule is CCOc1cc(/C=C2\SC(=O)N(Cc3ccccc3Br)C2=O)cc(Cl)c1OCC(=O)Nc1ccccc1. The summed E-state index contributed by atoms with van der Waals surface area (Å²) in [7, 11) is 0. The average molecular weight is 602 g/mol. The van der Waals surface area contributed by atoms with E-state index in [0.29, 0.717) is 23.6 Å². The van der Waals surface area contributed by atoms with Crippen LogP contribution in [-0.2, 0) is 16.1 Å². The minimum Gasteiger partial charge on any atom is -0.490 e. The Labute approximate surface area is 231 Å². The van der Waals surface area contributed by atoms with Crippen molar-refractivity contribution in [2.75, 3.05) is 18.5 Å². The number of hydrogen-bond acceptors (Lipinski definition) is 6. The average Bonchev–Trinajstić information content (AvgIpc) is 3.13. The molecule has 0 aromatic heterocycles. The summed E-state index contributed by atoms with van der Waals surface area (Å²) in [5.41, 5.74) is 2.03. The lowest BCUT2D eigenvalue weighted by Gasteiger charge is -2.15. The smallest absolute Gasteiger partial charge is 0.293 e. The van der Waals surface area contributed by atoms with E-state index in [9.17, 15) is 14.4 Å². The van der Waals surface area contributed by atoms with Crippen molar-refractivity contribution in [3.63, 3.8) is 0 Å². The van der Waals surface area contributed by atoms with Crippen LogP contribution in [-0.4, -0.2) is 35.2 Å². The molecule has 4 rings (SSSR count). The zero-order chi connectivity index (χ0) is 26.4. The van der Waals surface area contributed by atoms with Crippen LogP contribution < -0.4 is 14.8 Å². The minimum atomic E-state index is -0.391. The Kier molecular flexibility index (Phi) is 8.91. The van der Waals surface area contributed by atoms with E-state index < -0.39 is 5.91 Å². The highest BCUT2D eigenvalue weighted by Crippen LogP contribution is 2.39. The van der Waals surface area contributed by atoms with E-state index in [4.69, 9.17) is 21.1 Å². The Morgan fingerprint density at radius 1 is 1.08 bits per heavy atom. The number of amides is 3. The lowest BCUT2D eigenvalue weighted by Crippen LogP contribution is -2.27. The van der Waals surface area contributed by atoms with E-state index in [0.717, 1.165) is 21.8 Å². The molecule has 7 nitrogen and oxygen atoms in total. The molecule has 1 heterocycles. The highest BCUT2D eigenvalue weighted by atomic mass is 79.9. The third kappa shape index (κ3) is 6.74. The summed E-state index contributed by atoms with van der Waals surface area (Å²) < 4.78 is 12.2. The zero-order valence-corrected chi connectivity index (χ0v) is 22.9. The minimum absolute atomic E-state index is 0.159. The van der Waals surface area contributed by atoms with Crippen LogP contribution >= 0.6 is 39.3 Å². The van der Waals surface area contributed by atoms with Crippen LogP contribution in [0.25, 0.3) is 6.08 Å². The van der Waals surface area contributed by atoms with Crippen LogP contribution in [0.2, 0.25) is 5.02 Å². The van der Waals surface area contributed by atoms with Crippen LogP contribution in [0.1, 0.15) is 18.1 Å². The molecule has 0 aliphatic carbocycles. The van der Waals surface area contributed by atoms with E-state index in [1.165, 1.54) is 4.90 Å². The molecule has 1 aliphatic rings. The Morgan fingerprint density at radius 3 is 2.54 bits per heavy atom. The molecule has 1 aliphatic heterocycles. The second-order valence-corrected chi connectivity index (χ2v) is 10.1. The number of carbonyl (C=O) groups is 3. The van der Waals surface area contributed by atoms with Gasteiger partial charge in [-0.05, 0) is 66.2 Å². The summed E-state index contributed by atoms with van der Waals surface area (Å²) in [5, 5.41) is 2.59. The van der Waals surface area contributed by atoms with Gasteiger partial charge in [0.1, 0.15) is 0 Å². The van der Waals surface area contributed by atoms with Gasteiger partial charge in [0.05, 0.1) is 23.1 Å². The molecule has 1 fully saturated rings. The van der Waals surface area contributed by atoms with Crippen molar-refractivity contribution < 1.29 is 23.9 Å². The molecule has 1 N–H and O–H groups in total. The molecule has 1 saturated heterocycles. The molecule has 0 unspecified atom stereocenters. The van der Waals surface area contributed by atoms with Gasteiger partial charge in [0.25, 0.3) is 17.1 Å². The molecule has 0 atom stereocenters. The fourth-order valence-corrected chi connectivity index (χ4v) is 5.04. The maximum Gasteiger partial charge on any atom is 0.293 e. The van der Waals surface area contributed by atoms with Gasteiger partial charge in [-0.3, -0.25) is 19.3 Å². The predicted molar refractivity (Wildman–Crippen MR) is 149 cm³/mol. The fraction of sp³-hybridized carbons (Fsp3) is 0.148. The second-order valence-electron chi connectivity index (χ2n) is 7.83. The third-order valence-electron chi connectivity index (χ3n) is 5.19. The van der Waals surface area contributed by atoms with Gasteiger partial charge in [-0.1, -0.05) is 63.9 Å². The Balaban J connectivity index is 1.50. The number of anilines is 1. The van der Waals surface area contributed by atoms with Crippen LogP contribution in [0.4, 0.5) is 10.5 Å². The molecular formula is C27H22BrClN2O5S. The first-order valence-electron chi connectivity index (χ1n) is 11.3. The monoisotopic (exact) mass is 600 g/mol. The van der Waals surface area contributed by atoms with Crippen LogP contribution in [0, 0.1) is 0 Å². The summed E-state index contributed by atoms with van der Waals surface area (Å²) in [6, 6.07) is 19.7. The molecule has 3 amide bonds. The Morgan fingerprint density at radius 2 is 1.81 bits per heavy atom. The molecule has 0 bridgehead atoms. The number of carbonyl (C=O) groups excluding carboxylic acids is 3. The topological polar surface area (TPSA) is 84.9 Å². The Hall–Kier alpha value is -3.27. The first-order chi connectivity index (χ1) is 17.9. The third-order valence-corrected chi connectivity index (χ3v) is 7.16. The maximum atomic E-state index is 13.0. The van der Waals surface area contributed by atoms with E-state index in [2.05, 4.69) is 21.2 Å². The van der Waals surface area contributed by atoms with Gasteiger partial charge in [-0.25, -0.2) is 0 Å². The van der Waals surface area contributed by atoms with Gasteiger partial charge in [0.15, 0.2) is 18.1 Å². The molecule has 0 saturated carbocycles. The number of thioether (sulfide) groups is 1. The predicted octanol–water partition coefficient (Wildman–Crippen LogP) is 6.76. The number of hydrogen-bond donors (Lipinski definition) is 1. The summed E-state index contributed by atoms with van der Waals surface area (Å²) >= 11 is 10.8. The van der Waals surface area contributed by atoms with E-state index >= 15 is 0 Å². The van der Waals surface area contributed by atoms with Crippen molar-refractivity contribution in [3.8, 4) is 11.5 Å². The molecule has 190 valence electrons. The summed E-state index contributed by atoms with van der Waals surface area (Å²) in [6.45, 7) is 2.02. The largest absolute Gasteiger partial charge is 0.490 e. The van der Waals surface area contributed by atoms with Crippen molar-refractivity contribution in [2.24, 2.45) is 0 Å². The highest BCUT2D eigenvalue weighted by Gasteiger charge is 2.35. The van der Waals surface area contributed by atoms with Crippen LogP contribution in [0.5, 0.6) is 11.5 Å². The number of nitrogens with zero attached hydrogens (tertiary/aromatic N) is 1. The van der Waals surface area contributed by atoms with Gasteiger partial charge in [-0.15, -0.1) is 0 Å². The lowest BCUT2D eigenvalue weighted by molar-refractivity contribution is -0.123. The molecule has 37 heavy (non-hydrogen) atoms. The normalized spacial score (nSPS) is 14.2. The van der Waals surface area contributed by atoms with Crippen molar-refractivity contribution in [2.45, 2.75) is 13.5 Å². The number of halogens is 2. The van der Waals surface area contributed by atoms with Gasteiger partial charge >= 0.3 is 0 Å². The number of imide groups is 1. The molecular weight excluding hydrogens is 580 g/mol. The van der Waals surface area contributed by atoms with Crippen LogP contribution in [0.15, 0.2) is 76.1 Å². The standard InChI is InChI=1S/C27H22BrClN2O5S/c1-2-35-22-13-17(12-21(29)25(22)36-16-24(32)30-19-9-4-3-5-10-19)14-23-26(33)31(27(34)37-23)15-18-8-6-7-11-20(18)28/h3-14H,2,15-16H2,1H3,(H,30,32)/b23-14-. The summed E-state index contributed by atoms with van der Waals surface area (Å²) in [5.74, 6) is -0.211. The number of para-hydroxylation sites is 1. The van der Waals surface area contributed by atoms with E-state index in [-0.39, 0.29) is 40.0 Å². The van der Waals surface area contributed by atoms with Gasteiger partial charge < -0.3 is 14.8 Å². The zero-order valence-electron chi connectivity index (χ0n) is 19.7. The molecule has 3 aromatic rings. The molecule has 0 spiro atoms. The Bertz CT molecular complexity index is 1370. The van der Waals surface area contributed by atoms with Crippen molar-refractivity contribution in [3.05, 3.63) is 92.3 Å². The number of rotatable bonds is 9. The lowest BCUT2D eigenvalue weighted by atomic mass is 10.1. The fourth-order valence-electron chi connectivity index (χ4n) is 3.52. The molecule has 3 aromatic carbocycles. The van der Waals surface area contributed by atoms with Crippen molar-refractivity contribution in [1.29, 1.82) is 0 Å². The molecule has 0 radical (unpaired) electrons. The summed E-state index contributed by atoms with van der Waals surface area (Å²) in [6.07, 6.45) is 1.59. The number of benzene rings is 3. The maximum absolute atomic E-state index is 13.0. The highest BCUT2D eigenvalue weighted by molar-refractivity contribution is 9.10. The van der Waals surface area contributed by atoms with Gasteiger partial charge in [-0.2, -0.15) is 0 Å². The van der Waals surface area contributed by atoms with Crippen molar-refractivity contribution >= 4 is 68.1 Å². The van der Waals surface area contributed by atoms with E-state index in [1.54, 1.807) is 37.3 Å². The van der Waals surface area contributed by atoms with Gasteiger partial charge in [0, 0.05) is 10.2 Å². The first-order valence-corrected chi connectivity index (χ1v) is 13.3. The quantitative estimate of drug-likeness (QED) is 0.273. The second kappa shape index (κ2) is 12.3. The van der Waals surface area contributed by atoms with E-state index in [1.807, 2.05) is 42.5 Å².